The highest BCUT2D eigenvalue weighted by molar-refractivity contribution is 5.99. The monoisotopic (exact) mass is 347 g/mol. The number of Topliss-reactive ketones (excluding diaryl/α,β-unsaturated/α-hetero) is 1. The van der Waals surface area contributed by atoms with E-state index < -0.39 is 0 Å². The molecule has 0 unspecified atom stereocenters. The molecule has 2 aliphatic rings. The number of hydrogen-bond donors (Lipinski definition) is 0. The number of amides is 1. The van der Waals surface area contributed by atoms with E-state index in [0.29, 0.717) is 38.8 Å². The maximum atomic E-state index is 12.8. The van der Waals surface area contributed by atoms with Gasteiger partial charge in [0.15, 0.2) is 5.78 Å². The first-order chi connectivity index (χ1) is 12.0. The van der Waals surface area contributed by atoms with E-state index >= 15 is 0 Å². The Morgan fingerprint density at radius 3 is 2.36 bits per heavy atom. The minimum atomic E-state index is -0.286. The largest absolute Gasteiger partial charge is 0.453 e. The number of rotatable bonds is 4. The number of carbonyl (C=O) groups is 2. The zero-order valence-corrected chi connectivity index (χ0v) is 15.6. The van der Waals surface area contributed by atoms with Gasteiger partial charge in [-0.15, -0.1) is 0 Å². The highest BCUT2D eigenvalue weighted by atomic mass is 16.5. The quantitative estimate of drug-likeness (QED) is 0.786. The predicted octanol–water partition coefficient (Wildman–Crippen LogP) is 2.79. The van der Waals surface area contributed by atoms with E-state index in [4.69, 9.17) is 4.74 Å². The highest BCUT2D eigenvalue weighted by Gasteiger charge is 2.26. The number of ketones is 1. The number of aromatic nitrogens is 1. The molecule has 1 amide bonds. The number of carbonyl (C=O) groups excluding carboxylic acids is 2. The van der Waals surface area contributed by atoms with Crippen LogP contribution in [0.15, 0.2) is 6.07 Å². The molecule has 0 bridgehead atoms. The minimum absolute atomic E-state index is 0.184. The Bertz CT molecular complexity index is 639. The molecule has 1 saturated carbocycles. The summed E-state index contributed by atoms with van der Waals surface area (Å²) in [5.74, 6) is 0.184. The van der Waals surface area contributed by atoms with E-state index in [-0.39, 0.29) is 11.9 Å². The molecule has 6 nitrogen and oxygen atoms in total. The molecule has 0 N–H and O–H groups in total. The van der Waals surface area contributed by atoms with E-state index in [1.165, 1.54) is 38.5 Å². The SMILES string of the molecule is COC(=O)N1CCN(CC(=O)c2cc(C)n(C3CCCC3)c2C)CC1. The van der Waals surface area contributed by atoms with E-state index in [0.717, 1.165) is 11.3 Å². The number of piperazine rings is 1. The fraction of sp³-hybridized carbons (Fsp3) is 0.684. The summed E-state index contributed by atoms with van der Waals surface area (Å²) in [6.07, 6.45) is 4.73. The fourth-order valence-corrected chi connectivity index (χ4v) is 4.29. The van der Waals surface area contributed by atoms with Crippen LogP contribution in [0.1, 0.15) is 53.5 Å². The van der Waals surface area contributed by atoms with Crippen molar-refractivity contribution in [2.45, 2.75) is 45.6 Å². The van der Waals surface area contributed by atoms with E-state index in [2.05, 4.69) is 29.4 Å². The van der Waals surface area contributed by atoms with Crippen LogP contribution in [0.25, 0.3) is 0 Å². The summed E-state index contributed by atoms with van der Waals surface area (Å²) in [7, 11) is 1.40. The van der Waals surface area contributed by atoms with Crippen LogP contribution in [-0.4, -0.2) is 66.1 Å². The molecule has 0 spiro atoms. The summed E-state index contributed by atoms with van der Waals surface area (Å²) < 4.78 is 7.12. The lowest BCUT2D eigenvalue weighted by molar-refractivity contribution is 0.0790. The van der Waals surface area contributed by atoms with Crippen molar-refractivity contribution in [1.29, 1.82) is 0 Å². The molecule has 1 saturated heterocycles. The van der Waals surface area contributed by atoms with Crippen LogP contribution in [0.4, 0.5) is 4.79 Å². The zero-order chi connectivity index (χ0) is 18.0. The molecule has 1 aromatic rings. The number of nitrogens with zero attached hydrogens (tertiary/aromatic N) is 3. The number of methoxy groups -OCH3 is 1. The Morgan fingerprint density at radius 2 is 1.76 bits per heavy atom. The second-order valence-corrected chi connectivity index (χ2v) is 7.25. The average molecular weight is 347 g/mol. The second kappa shape index (κ2) is 7.60. The van der Waals surface area contributed by atoms with Gasteiger partial charge in [-0.2, -0.15) is 0 Å². The Labute approximate surface area is 149 Å². The van der Waals surface area contributed by atoms with Crippen molar-refractivity contribution >= 4 is 11.9 Å². The van der Waals surface area contributed by atoms with Gasteiger partial charge in [-0.25, -0.2) is 4.79 Å². The summed E-state index contributed by atoms with van der Waals surface area (Å²) in [4.78, 5) is 28.2. The summed E-state index contributed by atoms with van der Waals surface area (Å²) in [6.45, 7) is 7.25. The molecule has 2 heterocycles. The summed E-state index contributed by atoms with van der Waals surface area (Å²) >= 11 is 0. The van der Waals surface area contributed by atoms with Gasteiger partial charge in [0.1, 0.15) is 0 Å². The van der Waals surface area contributed by atoms with Gasteiger partial charge in [0.2, 0.25) is 0 Å². The van der Waals surface area contributed by atoms with Crippen molar-refractivity contribution in [3.63, 3.8) is 0 Å². The van der Waals surface area contributed by atoms with Crippen LogP contribution < -0.4 is 0 Å². The van der Waals surface area contributed by atoms with Crippen LogP contribution in [0, 0.1) is 13.8 Å². The van der Waals surface area contributed by atoms with Crippen LogP contribution in [0.2, 0.25) is 0 Å². The Kier molecular flexibility index (Phi) is 5.47. The maximum Gasteiger partial charge on any atom is 0.409 e. The third kappa shape index (κ3) is 3.73. The van der Waals surface area contributed by atoms with Crippen LogP contribution >= 0.6 is 0 Å². The van der Waals surface area contributed by atoms with Gasteiger partial charge in [-0.1, -0.05) is 12.8 Å². The van der Waals surface area contributed by atoms with Crippen molar-refractivity contribution in [1.82, 2.24) is 14.4 Å². The topological polar surface area (TPSA) is 54.8 Å². The molecule has 1 aliphatic heterocycles. The smallest absolute Gasteiger partial charge is 0.409 e. The lowest BCUT2D eigenvalue weighted by Crippen LogP contribution is -2.49. The summed E-state index contributed by atoms with van der Waals surface area (Å²) in [5.41, 5.74) is 3.17. The van der Waals surface area contributed by atoms with Crippen LogP contribution in [0.3, 0.4) is 0 Å². The normalized spacial score (nSPS) is 19.4. The lowest BCUT2D eigenvalue weighted by Gasteiger charge is -2.33. The molecule has 6 heteroatoms. The molecule has 1 aromatic heterocycles. The van der Waals surface area contributed by atoms with Crippen molar-refractivity contribution in [3.05, 3.63) is 23.0 Å². The maximum absolute atomic E-state index is 12.8. The molecule has 0 radical (unpaired) electrons. The Morgan fingerprint density at radius 1 is 1.12 bits per heavy atom. The first-order valence-electron chi connectivity index (χ1n) is 9.28. The Hall–Kier alpha value is -1.82. The predicted molar refractivity (Wildman–Crippen MR) is 96.2 cm³/mol. The van der Waals surface area contributed by atoms with Gasteiger partial charge in [-0.05, 0) is 32.8 Å². The number of ether oxygens (including phenoxy) is 1. The third-order valence-electron chi connectivity index (χ3n) is 5.65. The second-order valence-electron chi connectivity index (χ2n) is 7.25. The number of aryl methyl sites for hydroxylation is 1. The molecular weight excluding hydrogens is 318 g/mol. The van der Waals surface area contributed by atoms with Crippen LogP contribution in [0.5, 0.6) is 0 Å². The average Bonchev–Trinajstić information content (AvgIpc) is 3.22. The van der Waals surface area contributed by atoms with Crippen molar-refractivity contribution in [3.8, 4) is 0 Å². The fourth-order valence-electron chi connectivity index (χ4n) is 4.29. The van der Waals surface area contributed by atoms with Gasteiger partial charge in [0.25, 0.3) is 0 Å². The van der Waals surface area contributed by atoms with Crippen LogP contribution in [-0.2, 0) is 4.74 Å². The van der Waals surface area contributed by atoms with Gasteiger partial charge >= 0.3 is 6.09 Å². The van der Waals surface area contributed by atoms with Crippen molar-refractivity contribution in [2.24, 2.45) is 0 Å². The third-order valence-corrected chi connectivity index (χ3v) is 5.65. The van der Waals surface area contributed by atoms with Crippen molar-refractivity contribution < 1.29 is 14.3 Å². The zero-order valence-electron chi connectivity index (χ0n) is 15.6. The first kappa shape index (κ1) is 18.0. The summed E-state index contributed by atoms with van der Waals surface area (Å²) in [6, 6.07) is 2.62. The lowest BCUT2D eigenvalue weighted by atomic mass is 10.1. The molecular formula is C19H29N3O3. The van der Waals surface area contributed by atoms with E-state index in [1.54, 1.807) is 4.90 Å². The molecule has 138 valence electrons. The van der Waals surface area contributed by atoms with E-state index in [1.807, 2.05) is 0 Å². The van der Waals surface area contributed by atoms with Gasteiger partial charge < -0.3 is 14.2 Å². The van der Waals surface area contributed by atoms with Gasteiger partial charge in [0.05, 0.1) is 13.7 Å². The molecule has 0 atom stereocenters. The Balaban J connectivity index is 1.62. The number of hydrogen-bond acceptors (Lipinski definition) is 4. The molecule has 25 heavy (non-hydrogen) atoms. The van der Waals surface area contributed by atoms with Gasteiger partial charge in [-0.3, -0.25) is 9.69 Å². The van der Waals surface area contributed by atoms with Crippen molar-refractivity contribution in [2.75, 3.05) is 39.8 Å². The molecule has 3 rings (SSSR count). The standard InChI is InChI=1S/C19H29N3O3/c1-14-12-17(15(2)22(14)16-6-4-5-7-16)18(23)13-20-8-10-21(11-9-20)19(24)25-3/h12,16H,4-11,13H2,1-3H3. The molecule has 2 fully saturated rings. The first-order valence-corrected chi connectivity index (χ1v) is 9.28. The summed E-state index contributed by atoms with van der Waals surface area (Å²) in [5, 5.41) is 0. The van der Waals surface area contributed by atoms with Gasteiger partial charge in [0, 0.05) is 49.2 Å². The minimum Gasteiger partial charge on any atom is -0.453 e. The molecule has 1 aliphatic carbocycles. The van der Waals surface area contributed by atoms with E-state index in [9.17, 15) is 9.59 Å². The molecule has 0 aromatic carbocycles. The highest BCUT2D eigenvalue weighted by Crippen LogP contribution is 2.33.